The maximum absolute atomic E-state index is 12.2. The van der Waals surface area contributed by atoms with Gasteiger partial charge in [0.05, 0.1) is 6.61 Å². The first-order valence-electron chi connectivity index (χ1n) is 13.6. The molecule has 3 atom stereocenters. The minimum Gasteiger partial charge on any atom is -0.508 e. The standard InChI is InChI=1S/C31H41NO3/c1-2-3-4-6-13-24-19-29(34)31-28-21-26(16-15-25(28)22-35-30(31)20-24)32-17-10-9-14-27(33)18-23-11-7-5-8-12-23/h4-8,11-12,19-20,25-26,28,32,34H,2-3,9-10,13-18,21-22H2,1H3. The highest BCUT2D eigenvalue weighted by Gasteiger charge is 2.38. The third kappa shape index (κ3) is 7.20. The number of nitrogens with one attached hydrogen (secondary N) is 1. The first-order chi connectivity index (χ1) is 17.1. The Balaban J connectivity index is 1.24. The minimum atomic E-state index is 0.325. The number of hydrogen-bond donors (Lipinski definition) is 2. The van der Waals surface area contributed by atoms with Crippen LogP contribution in [0, 0.1) is 5.92 Å². The summed E-state index contributed by atoms with van der Waals surface area (Å²) in [6.45, 7) is 3.88. The molecule has 1 heterocycles. The van der Waals surface area contributed by atoms with E-state index < -0.39 is 0 Å². The van der Waals surface area contributed by atoms with Crippen LogP contribution >= 0.6 is 0 Å². The van der Waals surface area contributed by atoms with Gasteiger partial charge in [-0.3, -0.25) is 4.79 Å². The summed E-state index contributed by atoms with van der Waals surface area (Å²) in [4.78, 5) is 12.2. The lowest BCUT2D eigenvalue weighted by Crippen LogP contribution is -2.40. The number of phenolic OH excluding ortho intramolecular Hbond substituents is 1. The Morgan fingerprint density at radius 3 is 2.80 bits per heavy atom. The number of allylic oxidation sites excluding steroid dienone is 2. The van der Waals surface area contributed by atoms with Crippen LogP contribution in [-0.4, -0.2) is 30.1 Å². The molecule has 0 radical (unpaired) electrons. The van der Waals surface area contributed by atoms with E-state index in [2.05, 4.69) is 30.5 Å². The van der Waals surface area contributed by atoms with Crippen molar-refractivity contribution in [3.63, 3.8) is 0 Å². The van der Waals surface area contributed by atoms with Gasteiger partial charge in [-0.15, -0.1) is 0 Å². The molecule has 3 unspecified atom stereocenters. The largest absolute Gasteiger partial charge is 0.508 e. The second-order valence-electron chi connectivity index (χ2n) is 10.3. The molecule has 2 N–H and O–H groups in total. The van der Waals surface area contributed by atoms with E-state index in [4.69, 9.17) is 4.74 Å². The number of ether oxygens (including phenoxy) is 1. The number of ketones is 1. The van der Waals surface area contributed by atoms with Crippen LogP contribution in [0.1, 0.15) is 80.9 Å². The molecule has 1 fully saturated rings. The summed E-state index contributed by atoms with van der Waals surface area (Å²) in [5.41, 5.74) is 3.23. The van der Waals surface area contributed by atoms with Crippen molar-refractivity contribution in [1.29, 1.82) is 0 Å². The van der Waals surface area contributed by atoms with Crippen molar-refractivity contribution in [2.24, 2.45) is 5.92 Å². The third-order valence-corrected chi connectivity index (χ3v) is 7.53. The van der Waals surface area contributed by atoms with E-state index in [0.29, 0.717) is 42.3 Å². The van der Waals surface area contributed by atoms with Gasteiger partial charge in [0.2, 0.25) is 0 Å². The zero-order chi connectivity index (χ0) is 24.5. The van der Waals surface area contributed by atoms with Gasteiger partial charge in [0.15, 0.2) is 0 Å². The van der Waals surface area contributed by atoms with E-state index in [1.807, 2.05) is 36.4 Å². The Morgan fingerprint density at radius 2 is 1.97 bits per heavy atom. The average molecular weight is 476 g/mol. The Labute approximate surface area is 210 Å². The van der Waals surface area contributed by atoms with Gasteiger partial charge in [0.25, 0.3) is 0 Å². The van der Waals surface area contributed by atoms with Crippen molar-refractivity contribution in [2.45, 2.75) is 83.1 Å². The molecule has 1 aliphatic heterocycles. The van der Waals surface area contributed by atoms with Gasteiger partial charge in [0.1, 0.15) is 17.3 Å². The number of benzene rings is 2. The van der Waals surface area contributed by atoms with Gasteiger partial charge in [-0.05, 0) is 80.7 Å². The molecule has 4 nitrogen and oxygen atoms in total. The lowest BCUT2D eigenvalue weighted by Gasteiger charge is -2.41. The fourth-order valence-corrected chi connectivity index (χ4v) is 5.62. The number of aromatic hydroxyl groups is 1. The number of carbonyl (C=O) groups excluding carboxylic acids is 1. The second kappa shape index (κ2) is 12.9. The zero-order valence-corrected chi connectivity index (χ0v) is 21.2. The Hall–Kier alpha value is -2.59. The first kappa shape index (κ1) is 25.5. The second-order valence-corrected chi connectivity index (χ2v) is 10.3. The molecule has 1 aliphatic carbocycles. The van der Waals surface area contributed by atoms with E-state index in [1.165, 1.54) is 0 Å². The monoisotopic (exact) mass is 475 g/mol. The summed E-state index contributed by atoms with van der Waals surface area (Å²) in [5.74, 6) is 2.43. The SMILES string of the molecule is CCCC=CCc1cc(O)c2c(c1)OCC1CCC(NCCCCC(=O)Cc3ccccc3)CC21. The summed E-state index contributed by atoms with van der Waals surface area (Å²) in [5, 5.41) is 14.6. The van der Waals surface area contributed by atoms with Crippen LogP contribution < -0.4 is 10.1 Å². The van der Waals surface area contributed by atoms with Crippen molar-refractivity contribution in [3.8, 4) is 11.5 Å². The van der Waals surface area contributed by atoms with Crippen LogP contribution in [0.3, 0.4) is 0 Å². The highest BCUT2D eigenvalue weighted by Crippen LogP contribution is 2.49. The fraction of sp³-hybridized carbons (Fsp3) is 0.516. The van der Waals surface area contributed by atoms with Crippen LogP contribution in [0.2, 0.25) is 0 Å². The molecule has 1 saturated carbocycles. The zero-order valence-electron chi connectivity index (χ0n) is 21.2. The summed E-state index contributed by atoms with van der Waals surface area (Å²) < 4.78 is 6.12. The topological polar surface area (TPSA) is 58.6 Å². The molecular formula is C31H41NO3. The van der Waals surface area contributed by atoms with Crippen molar-refractivity contribution in [3.05, 3.63) is 71.3 Å². The number of phenols is 1. The number of Topliss-reactive ketones (excluding diaryl/α,β-unsaturated/α-hetero) is 1. The summed E-state index contributed by atoms with van der Waals surface area (Å²) in [6.07, 6.45) is 13.9. The molecular weight excluding hydrogens is 434 g/mol. The number of fused-ring (bicyclic) bond motifs is 3. The van der Waals surface area contributed by atoms with Gasteiger partial charge in [0, 0.05) is 30.4 Å². The number of rotatable bonds is 12. The van der Waals surface area contributed by atoms with Crippen LogP contribution in [0.25, 0.3) is 0 Å². The maximum Gasteiger partial charge on any atom is 0.137 e. The van der Waals surface area contributed by atoms with Crippen molar-refractivity contribution >= 4 is 5.78 Å². The first-order valence-corrected chi connectivity index (χ1v) is 13.6. The van der Waals surface area contributed by atoms with Crippen molar-refractivity contribution in [1.82, 2.24) is 5.32 Å². The van der Waals surface area contributed by atoms with Crippen molar-refractivity contribution in [2.75, 3.05) is 13.2 Å². The Bertz CT molecular complexity index is 984. The molecule has 0 bridgehead atoms. The van der Waals surface area contributed by atoms with Crippen LogP contribution in [0.15, 0.2) is 54.6 Å². The molecule has 0 aromatic heterocycles. The molecule has 2 aliphatic rings. The molecule has 0 saturated heterocycles. The molecule has 4 rings (SSSR count). The quantitative estimate of drug-likeness (QED) is 0.271. The van der Waals surface area contributed by atoms with E-state index in [0.717, 1.165) is 87.0 Å². The molecule has 2 aromatic carbocycles. The number of carbonyl (C=O) groups is 1. The van der Waals surface area contributed by atoms with Gasteiger partial charge in [-0.1, -0.05) is 55.8 Å². The van der Waals surface area contributed by atoms with E-state index in [1.54, 1.807) is 0 Å². The summed E-state index contributed by atoms with van der Waals surface area (Å²) in [6, 6.07) is 14.5. The highest BCUT2D eigenvalue weighted by atomic mass is 16.5. The van der Waals surface area contributed by atoms with Crippen LogP contribution in [0.4, 0.5) is 0 Å². The van der Waals surface area contributed by atoms with Gasteiger partial charge < -0.3 is 15.2 Å². The van der Waals surface area contributed by atoms with E-state index in [9.17, 15) is 9.90 Å². The summed E-state index contributed by atoms with van der Waals surface area (Å²) >= 11 is 0. The predicted molar refractivity (Wildman–Crippen MR) is 142 cm³/mol. The van der Waals surface area contributed by atoms with E-state index in [-0.39, 0.29) is 0 Å². The lowest BCUT2D eigenvalue weighted by atomic mass is 9.72. The van der Waals surface area contributed by atoms with Crippen LogP contribution in [-0.2, 0) is 17.6 Å². The molecule has 188 valence electrons. The number of unbranched alkanes of at least 4 members (excludes halogenated alkanes) is 2. The molecule has 0 amide bonds. The summed E-state index contributed by atoms with van der Waals surface area (Å²) in [7, 11) is 0. The smallest absolute Gasteiger partial charge is 0.137 e. The third-order valence-electron chi connectivity index (χ3n) is 7.53. The van der Waals surface area contributed by atoms with Gasteiger partial charge in [-0.25, -0.2) is 0 Å². The average Bonchev–Trinajstić information content (AvgIpc) is 2.86. The Morgan fingerprint density at radius 1 is 1.11 bits per heavy atom. The van der Waals surface area contributed by atoms with Gasteiger partial charge in [-0.2, -0.15) is 0 Å². The lowest BCUT2D eigenvalue weighted by molar-refractivity contribution is -0.118. The van der Waals surface area contributed by atoms with Crippen molar-refractivity contribution < 1.29 is 14.6 Å². The predicted octanol–water partition coefficient (Wildman–Crippen LogP) is 6.51. The van der Waals surface area contributed by atoms with E-state index >= 15 is 0 Å². The normalized spacial score (nSPS) is 21.3. The maximum atomic E-state index is 12.2. The minimum absolute atomic E-state index is 0.325. The highest BCUT2D eigenvalue weighted by molar-refractivity contribution is 5.80. The molecule has 0 spiro atoms. The van der Waals surface area contributed by atoms with Crippen LogP contribution in [0.5, 0.6) is 11.5 Å². The Kier molecular flexibility index (Phi) is 9.42. The molecule has 2 aromatic rings. The molecule has 4 heteroatoms. The fourth-order valence-electron chi connectivity index (χ4n) is 5.62. The van der Waals surface area contributed by atoms with Gasteiger partial charge >= 0.3 is 0 Å². The number of hydrogen-bond acceptors (Lipinski definition) is 4. The molecule has 35 heavy (non-hydrogen) atoms.